The Kier molecular flexibility index (Phi) is 4.33. The summed E-state index contributed by atoms with van der Waals surface area (Å²) in [5, 5.41) is 0. The van der Waals surface area contributed by atoms with Crippen molar-refractivity contribution in [2.45, 2.75) is 19.3 Å². The van der Waals surface area contributed by atoms with E-state index in [0.29, 0.717) is 11.1 Å². The van der Waals surface area contributed by atoms with Crippen LogP contribution >= 0.6 is 0 Å². The van der Waals surface area contributed by atoms with E-state index in [4.69, 9.17) is 0 Å². The van der Waals surface area contributed by atoms with Crippen LogP contribution in [0.15, 0.2) is 54.6 Å². The Labute approximate surface area is 130 Å². The highest BCUT2D eigenvalue weighted by molar-refractivity contribution is 6.49. The Morgan fingerprint density at radius 2 is 1.23 bits per heavy atom. The molecule has 3 nitrogen and oxygen atoms in total. The summed E-state index contributed by atoms with van der Waals surface area (Å²) in [6.45, 7) is 2.13. The van der Waals surface area contributed by atoms with Gasteiger partial charge in [0, 0.05) is 29.9 Å². The summed E-state index contributed by atoms with van der Waals surface area (Å²) in [5.41, 5.74) is 2.02. The fourth-order valence-electron chi connectivity index (χ4n) is 2.83. The van der Waals surface area contributed by atoms with Gasteiger partial charge in [-0.15, -0.1) is 0 Å². The van der Waals surface area contributed by atoms with Crippen LogP contribution in [0.2, 0.25) is 0 Å². The van der Waals surface area contributed by atoms with Gasteiger partial charge in [0.25, 0.3) is 0 Å². The Morgan fingerprint density at radius 3 is 1.82 bits per heavy atom. The number of carbonyl (C=O) groups is 2. The lowest BCUT2D eigenvalue weighted by atomic mass is 10.0. The number of rotatable bonds is 4. The molecule has 1 fully saturated rings. The Bertz CT molecular complexity index is 656. The number of hydrogen-bond donors (Lipinski definition) is 0. The van der Waals surface area contributed by atoms with Crippen LogP contribution in [0.5, 0.6) is 0 Å². The molecule has 0 radical (unpaired) electrons. The molecule has 0 atom stereocenters. The van der Waals surface area contributed by atoms with Gasteiger partial charge in [-0.2, -0.15) is 0 Å². The van der Waals surface area contributed by atoms with E-state index >= 15 is 0 Å². The lowest BCUT2D eigenvalue weighted by Gasteiger charge is -2.28. The van der Waals surface area contributed by atoms with E-state index in [1.54, 1.807) is 36.4 Å². The highest BCUT2D eigenvalue weighted by atomic mass is 16.2. The van der Waals surface area contributed by atoms with E-state index in [0.717, 1.165) is 18.8 Å². The SMILES string of the molecule is O=C(C(=O)c1ccc(N2CCCCC2)cc1)c1ccccc1. The largest absolute Gasteiger partial charge is 0.372 e. The molecule has 2 aromatic carbocycles. The number of Topliss-reactive ketones (excluding diaryl/α,β-unsaturated/α-hetero) is 2. The van der Waals surface area contributed by atoms with Gasteiger partial charge in [-0.1, -0.05) is 30.3 Å². The lowest BCUT2D eigenvalue weighted by molar-refractivity contribution is 0.0817. The zero-order chi connectivity index (χ0) is 15.4. The average Bonchev–Trinajstić information content (AvgIpc) is 2.62. The lowest BCUT2D eigenvalue weighted by Crippen LogP contribution is -2.29. The predicted octanol–water partition coefficient (Wildman–Crippen LogP) is 3.74. The van der Waals surface area contributed by atoms with E-state index < -0.39 is 11.6 Å². The van der Waals surface area contributed by atoms with Crippen molar-refractivity contribution in [3.8, 4) is 0 Å². The minimum absolute atomic E-state index is 0.438. The standard InChI is InChI=1S/C19H19NO2/c21-18(15-7-3-1-4-8-15)19(22)16-9-11-17(12-10-16)20-13-5-2-6-14-20/h1,3-4,7-12H,2,5-6,13-14H2. The van der Waals surface area contributed by atoms with E-state index in [9.17, 15) is 9.59 Å². The molecule has 0 aromatic heterocycles. The maximum atomic E-state index is 12.3. The maximum absolute atomic E-state index is 12.3. The third kappa shape index (κ3) is 3.08. The van der Waals surface area contributed by atoms with E-state index in [-0.39, 0.29) is 0 Å². The zero-order valence-corrected chi connectivity index (χ0v) is 12.5. The van der Waals surface area contributed by atoms with E-state index in [1.807, 2.05) is 18.2 Å². The van der Waals surface area contributed by atoms with Crippen molar-refractivity contribution in [3.05, 3.63) is 65.7 Å². The molecule has 1 saturated heterocycles. The van der Waals surface area contributed by atoms with Crippen LogP contribution in [0.4, 0.5) is 5.69 Å². The minimum atomic E-state index is -0.452. The molecule has 1 aliphatic heterocycles. The molecule has 2 aromatic rings. The molecule has 112 valence electrons. The molecule has 3 heteroatoms. The molecule has 0 unspecified atom stereocenters. The third-order valence-corrected chi connectivity index (χ3v) is 4.09. The van der Waals surface area contributed by atoms with Crippen molar-refractivity contribution in [3.63, 3.8) is 0 Å². The third-order valence-electron chi connectivity index (χ3n) is 4.09. The number of hydrogen-bond acceptors (Lipinski definition) is 3. The topological polar surface area (TPSA) is 37.4 Å². The zero-order valence-electron chi connectivity index (χ0n) is 12.5. The second kappa shape index (κ2) is 6.56. The fourth-order valence-corrected chi connectivity index (χ4v) is 2.83. The first-order valence-electron chi connectivity index (χ1n) is 7.75. The Hall–Kier alpha value is -2.42. The number of anilines is 1. The molecule has 0 saturated carbocycles. The molecule has 3 rings (SSSR count). The summed E-state index contributed by atoms with van der Waals surface area (Å²) < 4.78 is 0. The van der Waals surface area contributed by atoms with Crippen LogP contribution in [-0.4, -0.2) is 24.7 Å². The van der Waals surface area contributed by atoms with Gasteiger partial charge < -0.3 is 4.90 Å². The van der Waals surface area contributed by atoms with Gasteiger partial charge >= 0.3 is 0 Å². The van der Waals surface area contributed by atoms with Crippen LogP contribution in [0, 0.1) is 0 Å². The first-order chi connectivity index (χ1) is 10.8. The molecule has 0 bridgehead atoms. The smallest absolute Gasteiger partial charge is 0.233 e. The maximum Gasteiger partial charge on any atom is 0.233 e. The van der Waals surface area contributed by atoms with Crippen molar-refractivity contribution in [2.24, 2.45) is 0 Å². The molecule has 0 N–H and O–H groups in total. The van der Waals surface area contributed by atoms with Crippen molar-refractivity contribution in [1.82, 2.24) is 0 Å². The summed E-state index contributed by atoms with van der Waals surface area (Å²) in [5.74, 6) is -0.900. The molecule has 0 aliphatic carbocycles. The van der Waals surface area contributed by atoms with Crippen LogP contribution in [0.25, 0.3) is 0 Å². The molecule has 1 aliphatic rings. The summed E-state index contributed by atoms with van der Waals surface area (Å²) in [6.07, 6.45) is 3.72. The van der Waals surface area contributed by atoms with Crippen LogP contribution in [0.3, 0.4) is 0 Å². The van der Waals surface area contributed by atoms with Crippen molar-refractivity contribution in [1.29, 1.82) is 0 Å². The fraction of sp³-hybridized carbons (Fsp3) is 0.263. The van der Waals surface area contributed by atoms with Crippen LogP contribution in [-0.2, 0) is 0 Å². The Morgan fingerprint density at radius 1 is 0.682 bits per heavy atom. The number of carbonyl (C=O) groups excluding carboxylic acids is 2. The first kappa shape index (κ1) is 14.5. The van der Waals surface area contributed by atoms with Crippen LogP contribution in [0.1, 0.15) is 40.0 Å². The molecular weight excluding hydrogens is 274 g/mol. The number of piperidine rings is 1. The van der Waals surface area contributed by atoms with Crippen molar-refractivity contribution >= 4 is 17.3 Å². The van der Waals surface area contributed by atoms with Crippen LogP contribution < -0.4 is 4.90 Å². The van der Waals surface area contributed by atoms with Gasteiger partial charge in [0.15, 0.2) is 0 Å². The van der Waals surface area contributed by atoms with E-state index in [1.165, 1.54) is 19.3 Å². The number of nitrogens with zero attached hydrogens (tertiary/aromatic N) is 1. The van der Waals surface area contributed by atoms with E-state index in [2.05, 4.69) is 4.90 Å². The average molecular weight is 293 g/mol. The first-order valence-corrected chi connectivity index (χ1v) is 7.75. The predicted molar refractivity (Wildman–Crippen MR) is 87.6 cm³/mol. The second-order valence-electron chi connectivity index (χ2n) is 5.62. The summed E-state index contributed by atoms with van der Waals surface area (Å²) in [4.78, 5) is 26.8. The molecule has 0 amide bonds. The second-order valence-corrected chi connectivity index (χ2v) is 5.62. The molecule has 0 spiro atoms. The highest BCUT2D eigenvalue weighted by Crippen LogP contribution is 2.20. The monoisotopic (exact) mass is 293 g/mol. The van der Waals surface area contributed by atoms with Crippen molar-refractivity contribution in [2.75, 3.05) is 18.0 Å². The summed E-state index contributed by atoms with van der Waals surface area (Å²) >= 11 is 0. The Balaban J connectivity index is 1.75. The number of ketones is 2. The van der Waals surface area contributed by atoms with Gasteiger partial charge in [0.05, 0.1) is 0 Å². The van der Waals surface area contributed by atoms with Gasteiger partial charge in [-0.3, -0.25) is 9.59 Å². The summed E-state index contributed by atoms with van der Waals surface area (Å²) in [6, 6.07) is 16.1. The van der Waals surface area contributed by atoms with Gasteiger partial charge in [-0.05, 0) is 43.5 Å². The quantitative estimate of drug-likeness (QED) is 0.636. The van der Waals surface area contributed by atoms with Gasteiger partial charge in [0.2, 0.25) is 11.6 Å². The summed E-state index contributed by atoms with van der Waals surface area (Å²) in [7, 11) is 0. The molecular formula is C19H19NO2. The normalized spacial score (nSPS) is 14.6. The van der Waals surface area contributed by atoms with Gasteiger partial charge in [-0.25, -0.2) is 0 Å². The van der Waals surface area contributed by atoms with Gasteiger partial charge in [0.1, 0.15) is 0 Å². The molecule has 22 heavy (non-hydrogen) atoms. The van der Waals surface area contributed by atoms with Crippen molar-refractivity contribution < 1.29 is 9.59 Å². The number of benzene rings is 2. The minimum Gasteiger partial charge on any atom is -0.372 e. The molecule has 1 heterocycles. The highest BCUT2D eigenvalue weighted by Gasteiger charge is 2.18.